The van der Waals surface area contributed by atoms with Gasteiger partial charge in [0, 0.05) is 6.07 Å². The van der Waals surface area contributed by atoms with Crippen LogP contribution in [-0.2, 0) is 17.1 Å². The van der Waals surface area contributed by atoms with Gasteiger partial charge in [0.25, 0.3) is 11.1 Å². The quantitative estimate of drug-likeness (QED) is 0.270. The number of hydrogen-bond donors (Lipinski definition) is 1. The number of methoxy groups -OCH3 is 1. The van der Waals surface area contributed by atoms with Gasteiger partial charge in [-0.2, -0.15) is 0 Å². The molecule has 36 heavy (non-hydrogen) atoms. The van der Waals surface area contributed by atoms with Crippen LogP contribution in [0.1, 0.15) is 5.82 Å². The smallest absolute Gasteiger partial charge is 0.266 e. The summed E-state index contributed by atoms with van der Waals surface area (Å²) in [6.07, 6.45) is 0. The van der Waals surface area contributed by atoms with Gasteiger partial charge in [0.15, 0.2) is 5.16 Å². The van der Waals surface area contributed by atoms with Gasteiger partial charge in [0.1, 0.15) is 18.1 Å². The average molecular weight is 500 g/mol. The lowest BCUT2D eigenvalue weighted by molar-refractivity contribution is -0.118. The fourth-order valence-electron chi connectivity index (χ4n) is 3.96. The van der Waals surface area contributed by atoms with Gasteiger partial charge < -0.3 is 10.5 Å². The van der Waals surface area contributed by atoms with E-state index in [9.17, 15) is 14.4 Å². The number of nitrogens with two attached hydrogens (primary N) is 1. The number of hydrogen-bond acceptors (Lipinski definition) is 7. The fourth-order valence-corrected chi connectivity index (χ4v) is 4.92. The summed E-state index contributed by atoms with van der Waals surface area (Å²) in [4.78, 5) is 47.7. The summed E-state index contributed by atoms with van der Waals surface area (Å²) in [7, 11) is 1.56. The monoisotopic (exact) mass is 499 g/mol. The number of carbonyl (C=O) groups excluding carboxylic acids is 1. The molecule has 0 fully saturated rings. The fraction of sp³-hybridized carbons (Fsp3) is 0.115. The lowest BCUT2D eigenvalue weighted by atomic mass is 10.2. The van der Waals surface area contributed by atoms with Crippen LogP contribution in [0.25, 0.3) is 27.5 Å². The number of aromatic nitrogens is 4. The largest absolute Gasteiger partial charge is 0.497 e. The maximum atomic E-state index is 13.5. The van der Waals surface area contributed by atoms with Crippen LogP contribution >= 0.6 is 11.8 Å². The zero-order valence-electron chi connectivity index (χ0n) is 19.2. The number of thioether (sulfide) groups is 1. The number of primary amides is 1. The molecular formula is C26H21N5O4S. The van der Waals surface area contributed by atoms with Crippen LogP contribution in [0.5, 0.6) is 5.75 Å². The van der Waals surface area contributed by atoms with Gasteiger partial charge >= 0.3 is 0 Å². The molecule has 2 N–H and O–H groups in total. The number of fused-ring (bicyclic) bond motifs is 2. The molecule has 10 heteroatoms. The molecule has 5 aromatic rings. The molecule has 0 aliphatic heterocycles. The molecule has 1 amide bonds. The van der Waals surface area contributed by atoms with Crippen LogP contribution in [-0.4, -0.2) is 32.1 Å². The van der Waals surface area contributed by atoms with E-state index in [2.05, 4.69) is 4.98 Å². The Morgan fingerprint density at radius 2 is 1.58 bits per heavy atom. The highest BCUT2D eigenvalue weighted by Crippen LogP contribution is 2.26. The van der Waals surface area contributed by atoms with Crippen molar-refractivity contribution >= 4 is 39.5 Å². The summed E-state index contributed by atoms with van der Waals surface area (Å²) in [6, 6.07) is 21.1. The predicted octanol–water partition coefficient (Wildman–Crippen LogP) is 2.88. The van der Waals surface area contributed by atoms with E-state index >= 15 is 0 Å². The zero-order valence-corrected chi connectivity index (χ0v) is 20.1. The normalized spacial score (nSPS) is 11.1. The van der Waals surface area contributed by atoms with Gasteiger partial charge in [-0.15, -0.1) is 0 Å². The van der Waals surface area contributed by atoms with Gasteiger partial charge in [0.2, 0.25) is 5.91 Å². The van der Waals surface area contributed by atoms with Gasteiger partial charge in [0.05, 0.1) is 40.4 Å². The highest BCUT2D eigenvalue weighted by Gasteiger charge is 2.17. The lowest BCUT2D eigenvalue weighted by Gasteiger charge is -2.15. The summed E-state index contributed by atoms with van der Waals surface area (Å²) < 4.78 is 8.12. The van der Waals surface area contributed by atoms with Crippen molar-refractivity contribution in [3.63, 3.8) is 0 Å². The molecule has 0 saturated carbocycles. The Morgan fingerprint density at radius 1 is 0.917 bits per heavy atom. The van der Waals surface area contributed by atoms with E-state index in [1.54, 1.807) is 73.8 Å². The van der Waals surface area contributed by atoms with E-state index < -0.39 is 5.91 Å². The first-order valence-electron chi connectivity index (χ1n) is 11.0. The predicted molar refractivity (Wildman–Crippen MR) is 139 cm³/mol. The minimum absolute atomic E-state index is 0.169. The third-order valence-corrected chi connectivity index (χ3v) is 6.58. The maximum Gasteiger partial charge on any atom is 0.266 e. The van der Waals surface area contributed by atoms with Crippen LogP contribution in [0.15, 0.2) is 87.5 Å². The van der Waals surface area contributed by atoms with Crippen molar-refractivity contribution in [2.24, 2.45) is 5.73 Å². The Morgan fingerprint density at radius 3 is 2.28 bits per heavy atom. The minimum Gasteiger partial charge on any atom is -0.497 e. The molecule has 0 spiro atoms. The molecule has 180 valence electrons. The minimum atomic E-state index is -0.655. The molecule has 0 radical (unpaired) electrons. The molecule has 0 unspecified atom stereocenters. The molecule has 0 bridgehead atoms. The molecule has 0 aliphatic rings. The number of rotatable bonds is 7. The van der Waals surface area contributed by atoms with Crippen LogP contribution < -0.4 is 21.6 Å². The number of para-hydroxylation sites is 2. The van der Waals surface area contributed by atoms with E-state index in [-0.39, 0.29) is 23.4 Å². The number of benzene rings is 3. The first-order chi connectivity index (χ1) is 17.5. The SMILES string of the molecule is COc1cccc(-n2c(SCc3nc4ccccc4c(=O)n3CC(N)=O)nc3ccccc3c2=O)c1. The molecule has 0 aliphatic carbocycles. The van der Waals surface area contributed by atoms with Crippen LogP contribution in [0.3, 0.4) is 0 Å². The van der Waals surface area contributed by atoms with E-state index in [1.807, 2.05) is 6.07 Å². The van der Waals surface area contributed by atoms with Crippen molar-refractivity contribution in [2.45, 2.75) is 17.5 Å². The number of ether oxygens (including phenoxy) is 1. The standard InChI is InChI=1S/C26H21N5O4S/c1-35-17-8-6-7-16(13-17)31-25(34)19-10-3-5-12-21(19)29-26(31)36-15-23-28-20-11-4-2-9-18(20)24(33)30(23)14-22(27)32/h2-13H,14-15H2,1H3,(H2,27,32). The Balaban J connectivity index is 1.65. The second-order valence-corrected chi connectivity index (χ2v) is 8.89. The summed E-state index contributed by atoms with van der Waals surface area (Å²) >= 11 is 1.23. The molecule has 9 nitrogen and oxygen atoms in total. The highest BCUT2D eigenvalue weighted by atomic mass is 32.2. The van der Waals surface area contributed by atoms with Crippen molar-refractivity contribution in [3.05, 3.63) is 99.3 Å². The molecule has 2 aromatic heterocycles. The summed E-state index contributed by atoms with van der Waals surface area (Å²) in [5.74, 6) is 0.455. The number of amides is 1. The topological polar surface area (TPSA) is 122 Å². The van der Waals surface area contributed by atoms with E-state index in [1.165, 1.54) is 20.9 Å². The summed E-state index contributed by atoms with van der Waals surface area (Å²) in [5, 5.41) is 1.27. The van der Waals surface area contributed by atoms with Crippen LogP contribution in [0.2, 0.25) is 0 Å². The second-order valence-electron chi connectivity index (χ2n) is 7.95. The molecular weight excluding hydrogens is 478 g/mol. The molecule has 0 atom stereocenters. The summed E-state index contributed by atoms with van der Waals surface area (Å²) in [6.45, 7) is -0.305. The third kappa shape index (κ3) is 4.34. The molecule has 3 aromatic carbocycles. The van der Waals surface area contributed by atoms with Crippen LogP contribution in [0, 0.1) is 0 Å². The Hall–Kier alpha value is -4.44. The van der Waals surface area contributed by atoms with E-state index in [0.29, 0.717) is 44.2 Å². The molecule has 2 heterocycles. The first-order valence-corrected chi connectivity index (χ1v) is 12.0. The van der Waals surface area contributed by atoms with Crippen molar-refractivity contribution in [2.75, 3.05) is 7.11 Å². The van der Waals surface area contributed by atoms with Crippen molar-refractivity contribution < 1.29 is 9.53 Å². The Labute approximate surface area is 209 Å². The van der Waals surface area contributed by atoms with Crippen LogP contribution in [0.4, 0.5) is 0 Å². The van der Waals surface area contributed by atoms with Gasteiger partial charge in [-0.1, -0.05) is 42.1 Å². The summed E-state index contributed by atoms with van der Waals surface area (Å²) in [5.41, 5.74) is 6.47. The Kier molecular flexibility index (Phi) is 6.26. The second kappa shape index (κ2) is 9.67. The number of nitrogens with zero attached hydrogens (tertiary/aromatic N) is 4. The first kappa shape index (κ1) is 23.3. The van der Waals surface area contributed by atoms with Crippen molar-refractivity contribution in [1.82, 2.24) is 19.1 Å². The maximum absolute atomic E-state index is 13.5. The van der Waals surface area contributed by atoms with E-state index in [0.717, 1.165) is 0 Å². The molecule has 5 rings (SSSR count). The number of carbonyl (C=O) groups is 1. The van der Waals surface area contributed by atoms with E-state index in [4.69, 9.17) is 15.5 Å². The third-order valence-electron chi connectivity index (χ3n) is 5.64. The highest BCUT2D eigenvalue weighted by molar-refractivity contribution is 7.98. The average Bonchev–Trinajstić information content (AvgIpc) is 2.89. The van der Waals surface area contributed by atoms with Crippen molar-refractivity contribution in [3.8, 4) is 11.4 Å². The van der Waals surface area contributed by atoms with Crippen molar-refractivity contribution in [1.29, 1.82) is 0 Å². The Bertz CT molecular complexity index is 1750. The molecule has 0 saturated heterocycles. The zero-order chi connectivity index (χ0) is 25.2. The van der Waals surface area contributed by atoms with Gasteiger partial charge in [-0.3, -0.25) is 23.5 Å². The van der Waals surface area contributed by atoms with Gasteiger partial charge in [-0.25, -0.2) is 9.97 Å². The lowest BCUT2D eigenvalue weighted by Crippen LogP contribution is -2.31. The van der Waals surface area contributed by atoms with Gasteiger partial charge in [-0.05, 0) is 36.4 Å².